The third-order valence-corrected chi connectivity index (χ3v) is 8.56. The number of hydrogen-bond acceptors (Lipinski definition) is 8. The Kier molecular flexibility index (Phi) is 35.1. The predicted molar refractivity (Wildman–Crippen MR) is 219 cm³/mol. The van der Waals surface area contributed by atoms with Crippen LogP contribution in [0.2, 0.25) is 0 Å². The lowest BCUT2D eigenvalue weighted by Gasteiger charge is -2.18. The lowest BCUT2D eigenvalue weighted by Crippen LogP contribution is -2.29. The van der Waals surface area contributed by atoms with Gasteiger partial charge < -0.3 is 29.5 Å². The highest BCUT2D eigenvalue weighted by Crippen LogP contribution is 2.36. The Morgan fingerprint density at radius 2 is 1.13 bits per heavy atom. The summed E-state index contributed by atoms with van der Waals surface area (Å²) in [6, 6.07) is 0. The van der Waals surface area contributed by atoms with Crippen molar-refractivity contribution in [1.82, 2.24) is 0 Å². The summed E-state index contributed by atoms with van der Waals surface area (Å²) in [6.45, 7) is 3.31. The molecule has 11 heteroatoms. The van der Waals surface area contributed by atoms with Gasteiger partial charge >= 0.3 is 19.8 Å². The van der Waals surface area contributed by atoms with Gasteiger partial charge in [0, 0.05) is 12.8 Å². The molecule has 0 saturated heterocycles. The monoisotopic (exact) mass is 778 g/mol. The molecule has 0 saturated carbocycles. The van der Waals surface area contributed by atoms with Crippen LogP contribution in [0.25, 0.3) is 0 Å². The molecule has 0 unspecified atom stereocenters. The van der Waals surface area contributed by atoms with Gasteiger partial charge in [0.1, 0.15) is 6.61 Å². The molecule has 4 N–H and O–H groups in total. The molecule has 0 bridgehead atoms. The Hall–Kier alpha value is -2.85. The molecule has 0 radical (unpaired) electrons. The summed E-state index contributed by atoms with van der Waals surface area (Å²) in [4.78, 5) is 42.8. The van der Waals surface area contributed by atoms with Crippen LogP contribution in [0.4, 0.5) is 0 Å². The van der Waals surface area contributed by atoms with Crippen LogP contribution >= 0.6 is 7.82 Å². The Morgan fingerprint density at radius 1 is 0.593 bits per heavy atom. The molecule has 3 atom stereocenters. The fraction of sp³-hybridized carbons (Fsp3) is 0.628. The lowest BCUT2D eigenvalue weighted by molar-refractivity contribution is -0.161. The van der Waals surface area contributed by atoms with Crippen molar-refractivity contribution < 1.29 is 48.2 Å². The fourth-order valence-electron chi connectivity index (χ4n) is 5.04. The van der Waals surface area contributed by atoms with E-state index < -0.39 is 44.7 Å². The van der Waals surface area contributed by atoms with E-state index in [9.17, 15) is 24.4 Å². The van der Waals surface area contributed by atoms with Crippen molar-refractivity contribution in [2.24, 2.45) is 0 Å². The van der Waals surface area contributed by atoms with Crippen molar-refractivity contribution in [2.45, 2.75) is 161 Å². The number of carbonyl (C=O) groups excluding carboxylic acids is 2. The van der Waals surface area contributed by atoms with Crippen LogP contribution in [0.1, 0.15) is 142 Å². The largest absolute Gasteiger partial charge is 0.469 e. The molecule has 54 heavy (non-hydrogen) atoms. The maximum atomic E-state index is 12.4. The Bertz CT molecular complexity index is 1180. The predicted octanol–water partition coefficient (Wildman–Crippen LogP) is 10.0. The van der Waals surface area contributed by atoms with Gasteiger partial charge in [-0.15, -0.1) is 0 Å². The van der Waals surface area contributed by atoms with Gasteiger partial charge in [0.15, 0.2) is 6.10 Å². The van der Waals surface area contributed by atoms with E-state index in [0.717, 1.165) is 32.1 Å². The highest BCUT2D eigenvalue weighted by Gasteiger charge is 2.22. The van der Waals surface area contributed by atoms with Crippen molar-refractivity contribution in [2.75, 3.05) is 13.2 Å². The van der Waals surface area contributed by atoms with Gasteiger partial charge in [0.2, 0.25) is 0 Å². The zero-order valence-corrected chi connectivity index (χ0v) is 34.0. The first-order chi connectivity index (χ1) is 26.1. The van der Waals surface area contributed by atoms with Crippen molar-refractivity contribution in [3.63, 3.8) is 0 Å². The number of aliphatic hydroxyl groups excluding tert-OH is 2. The highest BCUT2D eigenvalue weighted by molar-refractivity contribution is 7.46. The van der Waals surface area contributed by atoms with Crippen LogP contribution in [-0.4, -0.2) is 63.5 Å². The second-order valence-electron chi connectivity index (χ2n) is 13.3. The van der Waals surface area contributed by atoms with Gasteiger partial charge in [0.05, 0.1) is 18.8 Å². The lowest BCUT2D eigenvalue weighted by atomic mass is 10.1. The number of phosphoric acid groups is 1. The van der Waals surface area contributed by atoms with E-state index in [-0.39, 0.29) is 19.4 Å². The maximum Gasteiger partial charge on any atom is 0.469 e. The summed E-state index contributed by atoms with van der Waals surface area (Å²) in [6.07, 6.45) is 42.3. The minimum absolute atomic E-state index is 0.0805. The molecule has 0 aliphatic carbocycles. The van der Waals surface area contributed by atoms with E-state index >= 15 is 0 Å². The number of carbonyl (C=O) groups is 2. The summed E-state index contributed by atoms with van der Waals surface area (Å²) < 4.78 is 26.2. The molecule has 0 amide bonds. The second kappa shape index (κ2) is 37.1. The number of esters is 2. The molecule has 0 aromatic carbocycles. The number of unbranched alkanes of at least 4 members (excludes halogenated alkanes) is 11. The van der Waals surface area contributed by atoms with Gasteiger partial charge in [-0.05, 0) is 64.2 Å². The van der Waals surface area contributed by atoms with Crippen LogP contribution in [0.3, 0.4) is 0 Å². The Balaban J connectivity index is 4.21. The molecule has 0 aromatic rings. The van der Waals surface area contributed by atoms with Crippen molar-refractivity contribution in [1.29, 1.82) is 0 Å². The second-order valence-corrected chi connectivity index (χ2v) is 14.5. The standard InChI is InChI=1S/C43H71O10P/c1-3-5-7-8-9-10-11-12-13-14-15-16-17-22-30-36-43(47)53-41(38-52-54(48,49)50)37-51-42(46)35-29-21-19-18-20-26-32-40(45)34-28-24-23-27-33-39(44)31-25-6-4-2/h6,10-11,19-21,23-28,33-34,39-41,44-45H,3-5,7-9,12-18,22,29-32,35-38H2,1-2H3,(H2,48,49,50)/b11-10-,21-19-,24-23-,25-6-,26-20-,33-27+,34-28+/t39-,40+,41-/m1/s1. The first-order valence-corrected chi connectivity index (χ1v) is 21.6. The van der Waals surface area contributed by atoms with E-state index in [1.54, 1.807) is 36.5 Å². The quantitative estimate of drug-likeness (QED) is 0.0160. The summed E-state index contributed by atoms with van der Waals surface area (Å²) in [7, 11) is -4.80. The molecule has 308 valence electrons. The van der Waals surface area contributed by atoms with E-state index in [1.807, 2.05) is 43.4 Å². The number of rotatable bonds is 35. The smallest absolute Gasteiger partial charge is 0.462 e. The van der Waals surface area contributed by atoms with Crippen molar-refractivity contribution >= 4 is 19.8 Å². The molecule has 10 nitrogen and oxygen atoms in total. The molecule has 0 rings (SSSR count). The summed E-state index contributed by atoms with van der Waals surface area (Å²) in [5.41, 5.74) is 0. The van der Waals surface area contributed by atoms with Crippen molar-refractivity contribution in [3.8, 4) is 0 Å². The fourth-order valence-corrected chi connectivity index (χ4v) is 5.40. The van der Waals surface area contributed by atoms with Crippen molar-refractivity contribution in [3.05, 3.63) is 85.1 Å². The molecule has 0 heterocycles. The first kappa shape index (κ1) is 51.1. The van der Waals surface area contributed by atoms with E-state index in [0.29, 0.717) is 32.1 Å². The third kappa shape index (κ3) is 38.9. The highest BCUT2D eigenvalue weighted by atomic mass is 31.2. The molecule has 0 aliphatic rings. The van der Waals surface area contributed by atoms with Gasteiger partial charge in [-0.1, -0.05) is 150 Å². The SMILES string of the molecule is CC/C=C\C[C@@H](O)/C=C/C=C\C=C\[C@@H](O)C/C=C\C/C=C\CCC(=O)OC[C@H](COP(=O)(O)O)OC(=O)CCCCCCCCC/C=C\CCCCCC. The van der Waals surface area contributed by atoms with Crippen LogP contribution in [0.15, 0.2) is 85.1 Å². The van der Waals surface area contributed by atoms with Crippen LogP contribution in [0.5, 0.6) is 0 Å². The Morgan fingerprint density at radius 3 is 1.72 bits per heavy atom. The van der Waals surface area contributed by atoms with E-state index in [1.165, 1.54) is 51.4 Å². The van der Waals surface area contributed by atoms with E-state index in [4.69, 9.17) is 19.3 Å². The summed E-state index contributed by atoms with van der Waals surface area (Å²) >= 11 is 0. The number of aliphatic hydroxyl groups is 2. The molecule has 0 spiro atoms. The molecule has 0 fully saturated rings. The number of allylic oxidation sites excluding steroid dienone is 10. The number of phosphoric ester groups is 1. The normalized spacial score (nSPS) is 14.6. The van der Waals surface area contributed by atoms with Crippen LogP contribution < -0.4 is 0 Å². The average Bonchev–Trinajstić information content (AvgIpc) is 3.13. The van der Waals surface area contributed by atoms with Gasteiger partial charge in [-0.3, -0.25) is 14.1 Å². The first-order valence-electron chi connectivity index (χ1n) is 20.1. The maximum absolute atomic E-state index is 12.4. The number of ether oxygens (including phenoxy) is 2. The summed E-state index contributed by atoms with van der Waals surface area (Å²) in [5.74, 6) is -1.07. The van der Waals surface area contributed by atoms with Crippen LogP contribution in [0, 0.1) is 0 Å². The zero-order chi connectivity index (χ0) is 40.0. The summed E-state index contributed by atoms with van der Waals surface area (Å²) in [5, 5.41) is 19.9. The van der Waals surface area contributed by atoms with Gasteiger partial charge in [0.25, 0.3) is 0 Å². The molecular weight excluding hydrogens is 707 g/mol. The van der Waals surface area contributed by atoms with Gasteiger partial charge in [-0.2, -0.15) is 0 Å². The Labute approximate surface area is 326 Å². The molecule has 0 aliphatic heterocycles. The van der Waals surface area contributed by atoms with Gasteiger partial charge in [-0.25, -0.2) is 4.57 Å². The van der Waals surface area contributed by atoms with E-state index in [2.05, 4.69) is 23.6 Å². The minimum Gasteiger partial charge on any atom is -0.462 e. The topological polar surface area (TPSA) is 160 Å². The average molecular weight is 779 g/mol. The third-order valence-electron chi connectivity index (χ3n) is 8.08. The van der Waals surface area contributed by atoms with Crippen LogP contribution in [-0.2, 0) is 28.2 Å². The molecule has 0 aromatic heterocycles. The zero-order valence-electron chi connectivity index (χ0n) is 33.1. The number of hydrogen-bond donors (Lipinski definition) is 4. The molecular formula is C43H71O10P. The minimum atomic E-state index is -4.80.